The molecule has 1 heteroatoms. The highest BCUT2D eigenvalue weighted by molar-refractivity contribution is 5.13. The SMILES string of the molecule is C=C(C)C1C(CC=C=C(C)C)C2CCCCC2[N+]1(C)C(C)=CCC. The second kappa shape index (κ2) is 7.89. The van der Waals surface area contributed by atoms with Crippen LogP contribution in [0.1, 0.15) is 73.1 Å². The van der Waals surface area contributed by atoms with Crippen LogP contribution in [0.25, 0.3) is 0 Å². The van der Waals surface area contributed by atoms with E-state index < -0.39 is 0 Å². The molecule has 2 fully saturated rings. The van der Waals surface area contributed by atoms with Crippen LogP contribution in [0.15, 0.2) is 41.3 Å². The summed E-state index contributed by atoms with van der Waals surface area (Å²) < 4.78 is 1.11. The van der Waals surface area contributed by atoms with Crippen molar-refractivity contribution in [2.75, 3.05) is 7.05 Å². The maximum absolute atomic E-state index is 4.44. The van der Waals surface area contributed by atoms with Gasteiger partial charge in [0.05, 0.1) is 13.1 Å². The molecule has 1 saturated carbocycles. The molecule has 1 saturated heterocycles. The topological polar surface area (TPSA) is 0 Å². The van der Waals surface area contributed by atoms with Crippen molar-refractivity contribution in [1.82, 2.24) is 0 Å². The molecule has 1 nitrogen and oxygen atoms in total. The van der Waals surface area contributed by atoms with Gasteiger partial charge in [0.25, 0.3) is 0 Å². The van der Waals surface area contributed by atoms with E-state index in [1.807, 2.05) is 0 Å². The van der Waals surface area contributed by atoms with Crippen LogP contribution in [-0.2, 0) is 0 Å². The molecule has 134 valence electrons. The molecule has 0 aromatic carbocycles. The van der Waals surface area contributed by atoms with Gasteiger partial charge in [-0.2, -0.15) is 0 Å². The van der Waals surface area contributed by atoms with Gasteiger partial charge in [0.15, 0.2) is 0 Å². The zero-order chi connectivity index (χ0) is 17.9. The Hall–Kier alpha value is -1.04. The van der Waals surface area contributed by atoms with E-state index >= 15 is 0 Å². The van der Waals surface area contributed by atoms with E-state index in [-0.39, 0.29) is 0 Å². The minimum atomic E-state index is 0.552. The molecule has 0 spiro atoms. The molecule has 2 aliphatic rings. The van der Waals surface area contributed by atoms with Crippen LogP contribution in [0, 0.1) is 11.8 Å². The number of allylic oxidation sites excluding steroid dienone is 3. The Kier molecular flexibility index (Phi) is 6.34. The summed E-state index contributed by atoms with van der Waals surface area (Å²) in [5, 5.41) is 0. The van der Waals surface area contributed by atoms with Gasteiger partial charge < -0.3 is 0 Å². The van der Waals surface area contributed by atoms with E-state index in [9.17, 15) is 0 Å². The van der Waals surface area contributed by atoms with Crippen molar-refractivity contribution >= 4 is 0 Å². The van der Waals surface area contributed by atoms with Crippen LogP contribution in [0.3, 0.4) is 0 Å². The maximum Gasteiger partial charge on any atom is 0.118 e. The molecule has 0 radical (unpaired) electrons. The molecule has 5 unspecified atom stereocenters. The Balaban J connectivity index is 2.48. The van der Waals surface area contributed by atoms with Gasteiger partial charge in [0.1, 0.15) is 11.7 Å². The van der Waals surface area contributed by atoms with E-state index in [4.69, 9.17) is 0 Å². The summed E-state index contributed by atoms with van der Waals surface area (Å²) in [5.74, 6) is 1.55. The molecular weight excluding hydrogens is 290 g/mol. The summed E-state index contributed by atoms with van der Waals surface area (Å²) in [7, 11) is 2.49. The fourth-order valence-electron chi connectivity index (χ4n) is 5.64. The lowest BCUT2D eigenvalue weighted by Crippen LogP contribution is -2.54. The Labute approximate surface area is 150 Å². The van der Waals surface area contributed by atoms with Gasteiger partial charge >= 0.3 is 0 Å². The Morgan fingerprint density at radius 1 is 1.17 bits per heavy atom. The highest BCUT2D eigenvalue weighted by atomic mass is 15.4. The zero-order valence-electron chi connectivity index (χ0n) is 16.9. The summed E-state index contributed by atoms with van der Waals surface area (Å²) in [6.45, 7) is 15.6. The molecule has 0 aromatic heterocycles. The fourth-order valence-corrected chi connectivity index (χ4v) is 5.64. The maximum atomic E-state index is 4.44. The monoisotopic (exact) mass is 328 g/mol. The molecule has 0 aromatic rings. The fraction of sp³-hybridized carbons (Fsp3) is 0.696. The van der Waals surface area contributed by atoms with Crippen LogP contribution in [-0.4, -0.2) is 23.6 Å². The highest BCUT2D eigenvalue weighted by Crippen LogP contribution is 2.52. The number of likely N-dealkylation sites (tertiary alicyclic amines) is 1. The molecule has 24 heavy (non-hydrogen) atoms. The predicted octanol–water partition coefficient (Wildman–Crippen LogP) is 6.39. The van der Waals surface area contributed by atoms with Gasteiger partial charge in [-0.3, -0.25) is 4.48 Å². The largest absolute Gasteiger partial charge is 0.289 e. The first kappa shape index (κ1) is 19.3. The Morgan fingerprint density at radius 2 is 1.83 bits per heavy atom. The molecule has 1 aliphatic heterocycles. The van der Waals surface area contributed by atoms with Crippen molar-refractivity contribution in [3.8, 4) is 0 Å². The van der Waals surface area contributed by atoms with Crippen molar-refractivity contribution < 1.29 is 4.48 Å². The lowest BCUT2D eigenvalue weighted by molar-refractivity contribution is -0.907. The molecule has 1 aliphatic carbocycles. The van der Waals surface area contributed by atoms with E-state index in [1.165, 1.54) is 36.8 Å². The van der Waals surface area contributed by atoms with Gasteiger partial charge in [0.2, 0.25) is 0 Å². The van der Waals surface area contributed by atoms with Crippen molar-refractivity contribution in [1.29, 1.82) is 0 Å². The third-order valence-electron chi connectivity index (χ3n) is 6.55. The molecule has 2 rings (SSSR count). The van der Waals surface area contributed by atoms with Crippen molar-refractivity contribution in [2.24, 2.45) is 11.8 Å². The normalized spacial score (nSPS) is 36.0. The van der Waals surface area contributed by atoms with Crippen molar-refractivity contribution in [2.45, 2.75) is 85.2 Å². The molecular formula is C23H38N+. The molecule has 0 bridgehead atoms. The van der Waals surface area contributed by atoms with Crippen LogP contribution >= 0.6 is 0 Å². The first-order valence-corrected chi connectivity index (χ1v) is 9.91. The van der Waals surface area contributed by atoms with Crippen LogP contribution in [0.5, 0.6) is 0 Å². The summed E-state index contributed by atoms with van der Waals surface area (Å²) >= 11 is 0. The minimum absolute atomic E-state index is 0.552. The van der Waals surface area contributed by atoms with Gasteiger partial charge in [-0.1, -0.05) is 19.9 Å². The van der Waals surface area contributed by atoms with E-state index in [0.717, 1.165) is 29.3 Å². The lowest BCUT2D eigenvalue weighted by atomic mass is 9.76. The van der Waals surface area contributed by atoms with Gasteiger partial charge in [-0.05, 0) is 69.8 Å². The Morgan fingerprint density at radius 3 is 2.42 bits per heavy atom. The minimum Gasteiger partial charge on any atom is -0.289 e. The van der Waals surface area contributed by atoms with Crippen LogP contribution < -0.4 is 0 Å². The van der Waals surface area contributed by atoms with E-state index in [2.05, 4.69) is 66.1 Å². The second-order valence-corrected chi connectivity index (χ2v) is 8.46. The molecule has 5 atom stereocenters. The zero-order valence-corrected chi connectivity index (χ0v) is 16.9. The van der Waals surface area contributed by atoms with E-state index in [0.29, 0.717) is 12.0 Å². The van der Waals surface area contributed by atoms with Gasteiger partial charge in [0, 0.05) is 25.2 Å². The summed E-state index contributed by atoms with van der Waals surface area (Å²) in [6, 6.07) is 1.32. The smallest absolute Gasteiger partial charge is 0.118 e. The number of fused-ring (bicyclic) bond motifs is 1. The average Bonchev–Trinajstić information content (AvgIpc) is 2.78. The third-order valence-corrected chi connectivity index (χ3v) is 6.55. The van der Waals surface area contributed by atoms with Crippen LogP contribution in [0.4, 0.5) is 0 Å². The standard InChI is InChI=1S/C23H38N/c1-8-12-19(6)24(7)22-16-10-9-14-20(22)21(23(24)18(4)5)15-11-13-17(2)3/h11-12,20-23H,4,8-10,14-16H2,1-3,5-7H3/q+1. The lowest BCUT2D eigenvalue weighted by Gasteiger charge is -2.44. The molecule has 0 amide bonds. The Bertz CT molecular complexity index is 557. The number of likely N-dealkylation sites (N-methyl/N-ethyl adjacent to an activating group) is 1. The quantitative estimate of drug-likeness (QED) is 0.311. The molecule has 1 heterocycles. The van der Waals surface area contributed by atoms with Gasteiger partial charge in [-0.25, -0.2) is 0 Å². The first-order chi connectivity index (χ1) is 11.3. The number of quaternary nitrogens is 1. The molecule has 0 N–H and O–H groups in total. The van der Waals surface area contributed by atoms with Gasteiger partial charge in [-0.15, -0.1) is 5.73 Å². The number of hydrogen-bond acceptors (Lipinski definition) is 0. The third kappa shape index (κ3) is 3.48. The number of nitrogens with zero attached hydrogens (tertiary/aromatic N) is 1. The number of hydrogen-bond donors (Lipinski definition) is 0. The van der Waals surface area contributed by atoms with Crippen molar-refractivity contribution in [3.05, 3.63) is 41.3 Å². The summed E-state index contributed by atoms with van der Waals surface area (Å²) in [5.41, 5.74) is 7.65. The first-order valence-electron chi connectivity index (χ1n) is 9.91. The van der Waals surface area contributed by atoms with Crippen LogP contribution in [0.2, 0.25) is 0 Å². The predicted molar refractivity (Wildman–Crippen MR) is 106 cm³/mol. The summed E-state index contributed by atoms with van der Waals surface area (Å²) in [6.07, 6.45) is 12.6. The summed E-state index contributed by atoms with van der Waals surface area (Å²) in [4.78, 5) is 0. The highest BCUT2D eigenvalue weighted by Gasteiger charge is 2.59. The second-order valence-electron chi connectivity index (χ2n) is 8.46. The number of rotatable bonds is 5. The van der Waals surface area contributed by atoms with E-state index in [1.54, 1.807) is 5.70 Å². The van der Waals surface area contributed by atoms with Crippen molar-refractivity contribution in [3.63, 3.8) is 0 Å². The average molecular weight is 329 g/mol.